The zero-order chi connectivity index (χ0) is 18.0. The molecule has 0 aromatic carbocycles. The van der Waals surface area contributed by atoms with Crippen molar-refractivity contribution in [3.8, 4) is 0 Å². The second kappa shape index (κ2) is 11.4. The lowest BCUT2D eigenvalue weighted by atomic mass is 10.0. The molecule has 0 spiro atoms. The summed E-state index contributed by atoms with van der Waals surface area (Å²) >= 11 is 0. The number of nitrogens with one attached hydrogen (secondary N) is 1. The minimum Gasteiger partial charge on any atom is -0.425 e. The van der Waals surface area contributed by atoms with Crippen molar-refractivity contribution in [2.75, 3.05) is 6.16 Å². The number of amides is 1. The Bertz CT molecular complexity index is 403. The summed E-state index contributed by atoms with van der Waals surface area (Å²) < 4.78 is 20.3. The van der Waals surface area contributed by atoms with Crippen LogP contribution in [0, 0.1) is 11.8 Å². The second-order valence-electron chi connectivity index (χ2n) is 5.84. The number of rotatable bonds is 10. The van der Waals surface area contributed by atoms with Gasteiger partial charge in [-0.15, -0.1) is 0 Å². The first-order chi connectivity index (χ1) is 10.6. The van der Waals surface area contributed by atoms with Gasteiger partial charge in [0.25, 0.3) is 0 Å². The molecule has 0 radical (unpaired) electrons. The molecule has 0 aliphatic carbocycles. The molecule has 0 bridgehead atoms. The highest BCUT2D eigenvalue weighted by atomic mass is 31.1. The van der Waals surface area contributed by atoms with Gasteiger partial charge < -0.3 is 19.5 Å². The average molecular weight is 353 g/mol. The molecule has 0 saturated heterocycles. The molecular weight excluding hydrogens is 325 g/mol. The number of esters is 1. The Hall–Kier alpha value is -1.11. The highest BCUT2D eigenvalue weighted by Gasteiger charge is 2.18. The van der Waals surface area contributed by atoms with E-state index in [9.17, 15) is 19.3 Å². The molecule has 0 aliphatic heterocycles. The molecule has 23 heavy (non-hydrogen) atoms. The van der Waals surface area contributed by atoms with Crippen LogP contribution < -0.4 is 5.32 Å². The molecule has 136 valence electrons. The summed E-state index contributed by atoms with van der Waals surface area (Å²) in [4.78, 5) is 31.6. The van der Waals surface area contributed by atoms with Crippen LogP contribution in [0.15, 0.2) is 0 Å². The number of aliphatic hydroxyl groups is 1. The van der Waals surface area contributed by atoms with Gasteiger partial charge in [0.2, 0.25) is 6.29 Å². The van der Waals surface area contributed by atoms with E-state index >= 15 is 0 Å². The third-order valence-corrected chi connectivity index (χ3v) is 3.81. The Kier molecular flexibility index (Phi) is 10.9. The maximum absolute atomic E-state index is 11.5. The van der Waals surface area contributed by atoms with Crippen molar-refractivity contribution in [2.45, 2.75) is 59.5 Å². The largest absolute Gasteiger partial charge is 0.425 e. The quantitative estimate of drug-likeness (QED) is 0.311. The fourth-order valence-corrected chi connectivity index (χ4v) is 2.41. The number of ether oxygens (including phenoxy) is 2. The van der Waals surface area contributed by atoms with Crippen LogP contribution in [-0.2, 0) is 18.8 Å². The number of alkyl carbamates (subject to hydrolysis) is 1. The topological polar surface area (TPSA) is 122 Å². The lowest BCUT2D eigenvalue weighted by molar-refractivity contribution is -0.168. The number of carbonyl (C=O) groups is 2. The van der Waals surface area contributed by atoms with Crippen molar-refractivity contribution in [1.82, 2.24) is 5.32 Å². The van der Waals surface area contributed by atoms with Gasteiger partial charge in [-0.05, 0) is 25.2 Å². The molecule has 0 heterocycles. The van der Waals surface area contributed by atoms with Crippen LogP contribution in [0.4, 0.5) is 4.79 Å². The summed E-state index contributed by atoms with van der Waals surface area (Å²) in [7, 11) is -2.46. The minimum absolute atomic E-state index is 0.162. The van der Waals surface area contributed by atoms with Crippen LogP contribution in [0.3, 0.4) is 0 Å². The summed E-state index contributed by atoms with van der Waals surface area (Å²) in [5.41, 5.74) is 0. The summed E-state index contributed by atoms with van der Waals surface area (Å²) in [6, 6.07) is 0. The van der Waals surface area contributed by atoms with E-state index in [0.29, 0.717) is 19.3 Å². The summed E-state index contributed by atoms with van der Waals surface area (Å²) in [5.74, 6) is -0.650. The Morgan fingerprint density at radius 1 is 1.09 bits per heavy atom. The SMILES string of the molecule is CC(CCC(O)NC(=O)OC(C)OC(=O)C(C)C)CC[PH](=O)O. The van der Waals surface area contributed by atoms with Crippen LogP contribution in [0.5, 0.6) is 0 Å². The molecular formula is C14H28NO7P. The van der Waals surface area contributed by atoms with Gasteiger partial charge in [0.15, 0.2) is 8.03 Å². The van der Waals surface area contributed by atoms with E-state index in [0.717, 1.165) is 0 Å². The molecule has 0 aromatic rings. The van der Waals surface area contributed by atoms with Gasteiger partial charge in [-0.3, -0.25) is 14.7 Å². The molecule has 0 aliphatic rings. The molecule has 1 amide bonds. The van der Waals surface area contributed by atoms with Gasteiger partial charge in [0.1, 0.15) is 6.23 Å². The van der Waals surface area contributed by atoms with Gasteiger partial charge in [-0.25, -0.2) is 4.79 Å². The van der Waals surface area contributed by atoms with E-state index in [-0.39, 0.29) is 18.0 Å². The van der Waals surface area contributed by atoms with Crippen LogP contribution in [0.25, 0.3) is 0 Å². The van der Waals surface area contributed by atoms with E-state index in [1.807, 2.05) is 6.92 Å². The van der Waals surface area contributed by atoms with Crippen molar-refractivity contribution >= 4 is 20.1 Å². The molecule has 0 saturated carbocycles. The van der Waals surface area contributed by atoms with E-state index in [4.69, 9.17) is 14.4 Å². The van der Waals surface area contributed by atoms with E-state index in [1.165, 1.54) is 6.92 Å². The van der Waals surface area contributed by atoms with Gasteiger partial charge >= 0.3 is 12.1 Å². The van der Waals surface area contributed by atoms with Crippen molar-refractivity contribution < 1.29 is 33.6 Å². The lowest BCUT2D eigenvalue weighted by Gasteiger charge is -2.18. The van der Waals surface area contributed by atoms with Crippen LogP contribution in [0.2, 0.25) is 0 Å². The third kappa shape index (κ3) is 12.0. The Morgan fingerprint density at radius 2 is 1.70 bits per heavy atom. The van der Waals surface area contributed by atoms with Crippen molar-refractivity contribution in [3.63, 3.8) is 0 Å². The first kappa shape index (κ1) is 21.9. The zero-order valence-electron chi connectivity index (χ0n) is 14.1. The molecule has 9 heteroatoms. The van der Waals surface area contributed by atoms with Gasteiger partial charge in [-0.2, -0.15) is 0 Å². The van der Waals surface area contributed by atoms with Crippen LogP contribution in [-0.4, -0.2) is 40.7 Å². The summed E-state index contributed by atoms with van der Waals surface area (Å²) in [6.45, 7) is 6.64. The predicted molar refractivity (Wildman–Crippen MR) is 85.1 cm³/mol. The molecule has 8 nitrogen and oxygen atoms in total. The molecule has 3 N–H and O–H groups in total. The standard InChI is InChI=1S/C14H28NO7P/c1-9(2)13(17)21-11(4)22-14(18)15-12(16)6-5-10(3)7-8-23(19)20/h9-12,16,23H,5-8H2,1-4H3,(H,15,18)(H,19,20). The maximum Gasteiger partial charge on any atom is 0.412 e. The number of carbonyl (C=O) groups excluding carboxylic acids is 2. The molecule has 0 rings (SSSR count). The Balaban J connectivity index is 3.96. The second-order valence-corrected chi connectivity index (χ2v) is 7.13. The summed E-state index contributed by atoms with van der Waals surface area (Å²) in [6.07, 6.45) is -1.28. The van der Waals surface area contributed by atoms with E-state index in [2.05, 4.69) is 5.32 Å². The highest BCUT2D eigenvalue weighted by Crippen LogP contribution is 2.20. The van der Waals surface area contributed by atoms with Gasteiger partial charge in [-0.1, -0.05) is 20.8 Å². The Labute approximate surface area is 137 Å². The first-order valence-corrected chi connectivity index (χ1v) is 9.25. The fourth-order valence-electron chi connectivity index (χ4n) is 1.67. The fraction of sp³-hybridized carbons (Fsp3) is 0.857. The molecule has 0 aromatic heterocycles. The zero-order valence-corrected chi connectivity index (χ0v) is 15.1. The average Bonchev–Trinajstić information content (AvgIpc) is 2.42. The highest BCUT2D eigenvalue weighted by molar-refractivity contribution is 7.37. The van der Waals surface area contributed by atoms with Crippen LogP contribution >= 0.6 is 8.03 Å². The predicted octanol–water partition coefficient (Wildman–Crippen LogP) is 1.85. The minimum atomic E-state index is -2.46. The van der Waals surface area contributed by atoms with E-state index in [1.54, 1.807) is 13.8 Å². The number of hydrogen-bond donors (Lipinski definition) is 3. The molecule has 4 unspecified atom stereocenters. The van der Waals surface area contributed by atoms with Gasteiger partial charge in [0.05, 0.1) is 5.92 Å². The Morgan fingerprint density at radius 3 is 2.22 bits per heavy atom. The molecule has 4 atom stereocenters. The summed E-state index contributed by atoms with van der Waals surface area (Å²) in [5, 5.41) is 11.9. The van der Waals surface area contributed by atoms with Crippen molar-refractivity contribution in [1.29, 1.82) is 0 Å². The third-order valence-electron chi connectivity index (χ3n) is 3.09. The lowest BCUT2D eigenvalue weighted by Crippen LogP contribution is -2.38. The monoisotopic (exact) mass is 353 g/mol. The number of aliphatic hydroxyl groups excluding tert-OH is 1. The van der Waals surface area contributed by atoms with Crippen LogP contribution in [0.1, 0.15) is 47.0 Å². The normalized spacial score (nSPS) is 16.3. The van der Waals surface area contributed by atoms with Crippen molar-refractivity contribution in [2.24, 2.45) is 11.8 Å². The first-order valence-electron chi connectivity index (χ1n) is 7.69. The number of hydrogen-bond acceptors (Lipinski definition) is 6. The van der Waals surface area contributed by atoms with E-state index < -0.39 is 32.6 Å². The smallest absolute Gasteiger partial charge is 0.412 e. The molecule has 0 fully saturated rings. The van der Waals surface area contributed by atoms with Crippen molar-refractivity contribution in [3.05, 3.63) is 0 Å². The van der Waals surface area contributed by atoms with Gasteiger partial charge in [0, 0.05) is 13.1 Å². The maximum atomic E-state index is 11.5.